The van der Waals surface area contributed by atoms with Crippen LogP contribution in [0.2, 0.25) is 5.02 Å². The number of para-hydroxylation sites is 1. The van der Waals surface area contributed by atoms with Crippen molar-refractivity contribution in [2.45, 2.75) is 25.3 Å². The maximum absolute atomic E-state index is 12.4. The summed E-state index contributed by atoms with van der Waals surface area (Å²) in [4.78, 5) is 23.5. The highest BCUT2D eigenvalue weighted by atomic mass is 35.5. The number of carboxylic acid groups (broad SMARTS) is 1. The minimum Gasteiger partial charge on any atom is -0.496 e. The van der Waals surface area contributed by atoms with Gasteiger partial charge in [-0.25, -0.2) is 0 Å². The Kier molecular flexibility index (Phi) is 6.83. The van der Waals surface area contributed by atoms with E-state index in [1.54, 1.807) is 31.4 Å². The molecule has 132 valence electrons. The lowest BCUT2D eigenvalue weighted by molar-refractivity contribution is -0.137. The zero-order valence-electron chi connectivity index (χ0n) is 13.9. The first-order chi connectivity index (χ1) is 12.0. The molecule has 0 aromatic heterocycles. The minimum atomic E-state index is -0.977. The molecule has 0 saturated carbocycles. The Morgan fingerprint density at radius 3 is 2.40 bits per heavy atom. The van der Waals surface area contributed by atoms with Gasteiger partial charge in [0.25, 0.3) is 0 Å². The molecular formula is C19H20ClNO4. The molecule has 0 aliphatic carbocycles. The van der Waals surface area contributed by atoms with Gasteiger partial charge in [0, 0.05) is 16.6 Å². The zero-order valence-corrected chi connectivity index (χ0v) is 14.6. The van der Waals surface area contributed by atoms with Crippen LogP contribution in [0.15, 0.2) is 48.5 Å². The topological polar surface area (TPSA) is 75.6 Å². The molecule has 0 heterocycles. The van der Waals surface area contributed by atoms with Crippen molar-refractivity contribution in [3.05, 3.63) is 64.7 Å². The van der Waals surface area contributed by atoms with Crippen LogP contribution in [0.5, 0.6) is 5.75 Å². The number of ether oxygens (including phenoxy) is 1. The van der Waals surface area contributed by atoms with E-state index in [0.29, 0.717) is 17.2 Å². The first kappa shape index (κ1) is 18.8. The average molecular weight is 362 g/mol. The van der Waals surface area contributed by atoms with E-state index in [9.17, 15) is 9.59 Å². The van der Waals surface area contributed by atoms with E-state index in [-0.39, 0.29) is 18.7 Å². The van der Waals surface area contributed by atoms with E-state index in [1.807, 2.05) is 24.3 Å². The number of hydrogen-bond donors (Lipinski definition) is 2. The van der Waals surface area contributed by atoms with Crippen LogP contribution in [0, 0.1) is 0 Å². The molecule has 2 rings (SSSR count). The molecule has 0 aliphatic rings. The number of carbonyl (C=O) groups excluding carboxylic acids is 1. The van der Waals surface area contributed by atoms with Crippen LogP contribution in [0.1, 0.15) is 17.5 Å². The number of benzene rings is 2. The molecule has 0 saturated heterocycles. The lowest BCUT2D eigenvalue weighted by atomic mass is 10.0. The number of nitrogens with one attached hydrogen (secondary N) is 1. The first-order valence-corrected chi connectivity index (χ1v) is 8.24. The fourth-order valence-electron chi connectivity index (χ4n) is 2.62. The van der Waals surface area contributed by atoms with Crippen molar-refractivity contribution in [1.82, 2.24) is 5.32 Å². The Bertz CT molecular complexity index is 748. The standard InChI is InChI=1S/C19H20ClNO4/c1-25-17-9-5-3-7-14(17)11-18(22)21-15(12-19(23)24)10-13-6-2-4-8-16(13)20/h2-9,15H,10-12H2,1H3,(H,21,22)(H,23,24)/t15-/m0/s1. The van der Waals surface area contributed by atoms with Gasteiger partial charge in [-0.15, -0.1) is 0 Å². The van der Waals surface area contributed by atoms with Crippen LogP contribution in [0.25, 0.3) is 0 Å². The summed E-state index contributed by atoms with van der Waals surface area (Å²) in [6.07, 6.45) is 0.287. The van der Waals surface area contributed by atoms with Crippen molar-refractivity contribution in [2.24, 2.45) is 0 Å². The van der Waals surface area contributed by atoms with E-state index in [2.05, 4.69) is 5.32 Å². The molecule has 0 bridgehead atoms. The Morgan fingerprint density at radius 1 is 1.12 bits per heavy atom. The van der Waals surface area contributed by atoms with Crippen LogP contribution in [-0.4, -0.2) is 30.1 Å². The van der Waals surface area contributed by atoms with Crippen molar-refractivity contribution >= 4 is 23.5 Å². The second-order valence-electron chi connectivity index (χ2n) is 5.65. The molecule has 6 heteroatoms. The molecule has 2 aromatic carbocycles. The number of methoxy groups -OCH3 is 1. The average Bonchev–Trinajstić information content (AvgIpc) is 2.56. The summed E-state index contributed by atoms with van der Waals surface area (Å²) in [5.74, 6) is -0.615. The molecule has 0 radical (unpaired) electrons. The highest BCUT2D eigenvalue weighted by Gasteiger charge is 2.18. The molecule has 2 N–H and O–H groups in total. The molecule has 1 amide bonds. The summed E-state index contributed by atoms with van der Waals surface area (Å²) in [6.45, 7) is 0. The highest BCUT2D eigenvalue weighted by Crippen LogP contribution is 2.19. The van der Waals surface area contributed by atoms with Crippen molar-refractivity contribution in [1.29, 1.82) is 0 Å². The zero-order chi connectivity index (χ0) is 18.2. The van der Waals surface area contributed by atoms with Crippen molar-refractivity contribution in [2.75, 3.05) is 7.11 Å². The lowest BCUT2D eigenvalue weighted by Gasteiger charge is -2.18. The largest absolute Gasteiger partial charge is 0.496 e. The normalized spacial score (nSPS) is 11.6. The highest BCUT2D eigenvalue weighted by molar-refractivity contribution is 6.31. The molecule has 5 nitrogen and oxygen atoms in total. The van der Waals surface area contributed by atoms with Gasteiger partial charge in [0.2, 0.25) is 5.91 Å². The van der Waals surface area contributed by atoms with Crippen LogP contribution < -0.4 is 10.1 Å². The van der Waals surface area contributed by atoms with Gasteiger partial charge in [0.05, 0.1) is 20.0 Å². The maximum atomic E-state index is 12.4. The van der Waals surface area contributed by atoms with Gasteiger partial charge in [0.1, 0.15) is 5.75 Å². The van der Waals surface area contributed by atoms with Crippen molar-refractivity contribution in [3.63, 3.8) is 0 Å². The number of halogens is 1. The van der Waals surface area contributed by atoms with Gasteiger partial charge >= 0.3 is 5.97 Å². The SMILES string of the molecule is COc1ccccc1CC(=O)N[C@H](CC(=O)O)Cc1ccccc1Cl. The summed E-state index contributed by atoms with van der Waals surface area (Å²) in [7, 11) is 1.54. The first-order valence-electron chi connectivity index (χ1n) is 7.86. The smallest absolute Gasteiger partial charge is 0.305 e. The Hall–Kier alpha value is -2.53. The summed E-state index contributed by atoms with van der Waals surface area (Å²) in [5.41, 5.74) is 1.54. The summed E-state index contributed by atoms with van der Waals surface area (Å²) < 4.78 is 5.24. The van der Waals surface area contributed by atoms with E-state index in [0.717, 1.165) is 11.1 Å². The maximum Gasteiger partial charge on any atom is 0.305 e. The second-order valence-corrected chi connectivity index (χ2v) is 6.05. The van der Waals surface area contributed by atoms with E-state index in [1.165, 1.54) is 0 Å². The van der Waals surface area contributed by atoms with E-state index >= 15 is 0 Å². The van der Waals surface area contributed by atoms with Crippen LogP contribution in [-0.2, 0) is 22.4 Å². The van der Waals surface area contributed by atoms with Gasteiger partial charge in [-0.2, -0.15) is 0 Å². The lowest BCUT2D eigenvalue weighted by Crippen LogP contribution is -2.39. The summed E-state index contributed by atoms with van der Waals surface area (Å²) >= 11 is 6.13. The number of hydrogen-bond acceptors (Lipinski definition) is 3. The number of carboxylic acids is 1. The molecule has 1 atom stereocenters. The van der Waals surface area contributed by atoms with E-state index in [4.69, 9.17) is 21.4 Å². The number of amides is 1. The Morgan fingerprint density at radius 2 is 1.76 bits per heavy atom. The van der Waals surface area contributed by atoms with Gasteiger partial charge in [0.15, 0.2) is 0 Å². The number of carbonyl (C=O) groups is 2. The molecule has 25 heavy (non-hydrogen) atoms. The molecular weight excluding hydrogens is 342 g/mol. The van der Waals surface area contributed by atoms with Crippen LogP contribution in [0.3, 0.4) is 0 Å². The molecule has 2 aromatic rings. The third-order valence-electron chi connectivity index (χ3n) is 3.75. The minimum absolute atomic E-state index is 0.114. The Labute approximate surface area is 151 Å². The molecule has 0 spiro atoms. The van der Waals surface area contributed by atoms with Gasteiger partial charge in [-0.1, -0.05) is 48.0 Å². The summed E-state index contributed by atoms with van der Waals surface area (Å²) in [6, 6.07) is 13.9. The second kappa shape index (κ2) is 9.08. The quantitative estimate of drug-likeness (QED) is 0.757. The van der Waals surface area contributed by atoms with Gasteiger partial charge in [-0.05, 0) is 24.1 Å². The predicted octanol–water partition coefficient (Wildman–Crippen LogP) is 3.09. The van der Waals surface area contributed by atoms with Crippen molar-refractivity contribution in [3.8, 4) is 5.75 Å². The third-order valence-corrected chi connectivity index (χ3v) is 4.12. The number of aliphatic carboxylic acids is 1. The van der Waals surface area contributed by atoms with Gasteiger partial charge in [-0.3, -0.25) is 9.59 Å². The van der Waals surface area contributed by atoms with Gasteiger partial charge < -0.3 is 15.2 Å². The molecule has 0 aliphatic heterocycles. The predicted molar refractivity (Wildman–Crippen MR) is 96.0 cm³/mol. The molecule has 0 fully saturated rings. The fraction of sp³-hybridized carbons (Fsp3) is 0.263. The number of rotatable bonds is 8. The monoisotopic (exact) mass is 361 g/mol. The fourth-order valence-corrected chi connectivity index (χ4v) is 2.83. The van der Waals surface area contributed by atoms with E-state index < -0.39 is 12.0 Å². The third kappa shape index (κ3) is 5.80. The van der Waals surface area contributed by atoms with Crippen molar-refractivity contribution < 1.29 is 19.4 Å². The van der Waals surface area contributed by atoms with Crippen LogP contribution in [0.4, 0.5) is 0 Å². The summed E-state index contributed by atoms with van der Waals surface area (Å²) in [5, 5.41) is 12.5. The Balaban J connectivity index is 2.07. The molecule has 0 unspecified atom stereocenters. The van der Waals surface area contributed by atoms with Crippen LogP contribution >= 0.6 is 11.6 Å².